The van der Waals surface area contributed by atoms with Gasteiger partial charge in [0, 0.05) is 12.2 Å². The van der Waals surface area contributed by atoms with Crippen LogP contribution < -0.4 is 10.6 Å². The van der Waals surface area contributed by atoms with Crippen LogP contribution in [-0.4, -0.2) is 22.6 Å². The third-order valence-corrected chi connectivity index (χ3v) is 4.25. The SMILES string of the molecule is Cc1cccc(C)c1NC(=O)c1ccc(NCCc2ccc(F)cc2)nn1. The molecule has 0 saturated carbocycles. The first-order valence-electron chi connectivity index (χ1n) is 8.72. The molecule has 0 radical (unpaired) electrons. The molecule has 0 aliphatic rings. The molecular formula is C21H21FN4O. The van der Waals surface area contributed by atoms with Crippen LogP contribution in [0.2, 0.25) is 0 Å². The molecule has 6 heteroatoms. The van der Waals surface area contributed by atoms with Gasteiger partial charge in [0.1, 0.15) is 11.6 Å². The van der Waals surface area contributed by atoms with Crippen molar-refractivity contribution in [2.45, 2.75) is 20.3 Å². The highest BCUT2D eigenvalue weighted by molar-refractivity contribution is 6.03. The Labute approximate surface area is 157 Å². The lowest BCUT2D eigenvalue weighted by Gasteiger charge is -2.11. The molecule has 0 saturated heterocycles. The zero-order chi connectivity index (χ0) is 19.2. The Bertz CT molecular complexity index is 904. The normalized spacial score (nSPS) is 10.5. The molecule has 138 valence electrons. The molecule has 27 heavy (non-hydrogen) atoms. The van der Waals surface area contributed by atoms with Gasteiger partial charge in [0.05, 0.1) is 0 Å². The molecule has 0 bridgehead atoms. The van der Waals surface area contributed by atoms with Crippen LogP contribution in [0.1, 0.15) is 27.2 Å². The predicted octanol–water partition coefficient (Wildman–Crippen LogP) is 4.14. The van der Waals surface area contributed by atoms with Crippen molar-refractivity contribution in [3.63, 3.8) is 0 Å². The van der Waals surface area contributed by atoms with Gasteiger partial charge < -0.3 is 10.6 Å². The van der Waals surface area contributed by atoms with Crippen molar-refractivity contribution in [3.8, 4) is 0 Å². The van der Waals surface area contributed by atoms with Gasteiger partial charge in [-0.2, -0.15) is 0 Å². The van der Waals surface area contributed by atoms with Gasteiger partial charge in [0.25, 0.3) is 5.91 Å². The summed E-state index contributed by atoms with van der Waals surface area (Å²) in [6.45, 7) is 4.53. The van der Waals surface area contributed by atoms with Gasteiger partial charge in [0.2, 0.25) is 0 Å². The van der Waals surface area contributed by atoms with Crippen molar-refractivity contribution in [2.24, 2.45) is 0 Å². The number of aromatic nitrogens is 2. The van der Waals surface area contributed by atoms with Crippen molar-refractivity contribution in [3.05, 3.63) is 82.8 Å². The van der Waals surface area contributed by atoms with E-state index in [-0.39, 0.29) is 17.4 Å². The highest BCUT2D eigenvalue weighted by Crippen LogP contribution is 2.20. The van der Waals surface area contributed by atoms with Crippen LogP contribution in [0.3, 0.4) is 0 Å². The average molecular weight is 364 g/mol. The van der Waals surface area contributed by atoms with E-state index in [1.54, 1.807) is 24.3 Å². The van der Waals surface area contributed by atoms with Gasteiger partial charge in [-0.15, -0.1) is 10.2 Å². The lowest BCUT2D eigenvalue weighted by Crippen LogP contribution is -2.16. The summed E-state index contributed by atoms with van der Waals surface area (Å²) in [6.07, 6.45) is 0.733. The lowest BCUT2D eigenvalue weighted by molar-refractivity contribution is 0.102. The maximum atomic E-state index is 12.9. The summed E-state index contributed by atoms with van der Waals surface area (Å²) >= 11 is 0. The van der Waals surface area contributed by atoms with Crippen LogP contribution in [0.4, 0.5) is 15.9 Å². The Balaban J connectivity index is 1.56. The molecule has 5 nitrogen and oxygen atoms in total. The molecule has 2 N–H and O–H groups in total. The fourth-order valence-corrected chi connectivity index (χ4v) is 2.72. The summed E-state index contributed by atoms with van der Waals surface area (Å²) in [5.41, 5.74) is 4.07. The van der Waals surface area contributed by atoms with Gasteiger partial charge in [-0.05, 0) is 61.2 Å². The minimum absolute atomic E-state index is 0.243. The monoisotopic (exact) mass is 364 g/mol. The number of benzene rings is 2. The first-order valence-corrected chi connectivity index (χ1v) is 8.72. The number of hydrogen-bond donors (Lipinski definition) is 2. The zero-order valence-corrected chi connectivity index (χ0v) is 15.3. The maximum absolute atomic E-state index is 12.9. The van der Waals surface area contributed by atoms with E-state index in [0.29, 0.717) is 12.4 Å². The van der Waals surface area contributed by atoms with E-state index in [2.05, 4.69) is 20.8 Å². The summed E-state index contributed by atoms with van der Waals surface area (Å²) in [6, 6.07) is 15.6. The number of nitrogens with one attached hydrogen (secondary N) is 2. The van der Waals surface area contributed by atoms with Crippen molar-refractivity contribution >= 4 is 17.4 Å². The summed E-state index contributed by atoms with van der Waals surface area (Å²) in [5.74, 6) is 0.0471. The largest absolute Gasteiger partial charge is 0.368 e. The molecule has 0 aliphatic carbocycles. The van der Waals surface area contributed by atoms with Crippen LogP contribution >= 0.6 is 0 Å². The molecule has 0 aliphatic heterocycles. The number of nitrogens with zero attached hydrogens (tertiary/aromatic N) is 2. The van der Waals surface area contributed by atoms with Gasteiger partial charge in [0.15, 0.2) is 5.69 Å². The van der Waals surface area contributed by atoms with Gasteiger partial charge >= 0.3 is 0 Å². The Morgan fingerprint density at radius 3 is 2.30 bits per heavy atom. The Morgan fingerprint density at radius 1 is 0.963 bits per heavy atom. The number of carbonyl (C=O) groups excluding carboxylic acids is 1. The Hall–Kier alpha value is -3.28. The fourth-order valence-electron chi connectivity index (χ4n) is 2.72. The van der Waals surface area contributed by atoms with Crippen LogP contribution in [-0.2, 0) is 6.42 Å². The van der Waals surface area contributed by atoms with E-state index in [1.807, 2.05) is 32.0 Å². The number of rotatable bonds is 6. The van der Waals surface area contributed by atoms with Crippen LogP contribution in [0, 0.1) is 19.7 Å². The number of hydrogen-bond acceptors (Lipinski definition) is 4. The number of carbonyl (C=O) groups is 1. The van der Waals surface area contributed by atoms with Crippen LogP contribution in [0.5, 0.6) is 0 Å². The van der Waals surface area contributed by atoms with Crippen LogP contribution in [0.25, 0.3) is 0 Å². The standard InChI is InChI=1S/C21H21FN4O/c1-14-4-3-5-15(2)20(14)24-21(27)18-10-11-19(26-25-18)23-13-12-16-6-8-17(22)9-7-16/h3-11H,12-13H2,1-2H3,(H,23,26)(H,24,27). The van der Waals surface area contributed by atoms with Gasteiger partial charge in [-0.25, -0.2) is 4.39 Å². The Morgan fingerprint density at radius 2 is 1.67 bits per heavy atom. The van der Waals surface area contributed by atoms with E-state index >= 15 is 0 Å². The highest BCUT2D eigenvalue weighted by atomic mass is 19.1. The van der Waals surface area contributed by atoms with Gasteiger partial charge in [-0.1, -0.05) is 30.3 Å². The molecule has 0 atom stereocenters. The minimum Gasteiger partial charge on any atom is -0.368 e. The van der Waals surface area contributed by atoms with Crippen molar-refractivity contribution in [1.82, 2.24) is 10.2 Å². The Kier molecular flexibility index (Phi) is 5.76. The molecule has 1 amide bonds. The fraction of sp³-hybridized carbons (Fsp3) is 0.190. The number of amides is 1. The van der Waals surface area contributed by atoms with E-state index < -0.39 is 0 Å². The second kappa shape index (κ2) is 8.40. The summed E-state index contributed by atoms with van der Waals surface area (Å²) in [5, 5.41) is 14.1. The molecule has 0 unspecified atom stereocenters. The second-order valence-electron chi connectivity index (χ2n) is 6.33. The molecule has 3 aromatic rings. The number of para-hydroxylation sites is 1. The first kappa shape index (κ1) is 18.5. The third kappa shape index (κ3) is 4.88. The molecule has 1 heterocycles. The number of aryl methyl sites for hydroxylation is 2. The smallest absolute Gasteiger partial charge is 0.276 e. The molecule has 0 fully saturated rings. The predicted molar refractivity (Wildman–Crippen MR) is 104 cm³/mol. The third-order valence-electron chi connectivity index (χ3n) is 4.25. The number of anilines is 2. The zero-order valence-electron chi connectivity index (χ0n) is 15.3. The summed E-state index contributed by atoms with van der Waals surface area (Å²) in [7, 11) is 0. The molecule has 2 aromatic carbocycles. The van der Waals surface area contributed by atoms with Crippen LogP contribution in [0.15, 0.2) is 54.6 Å². The molecule has 3 rings (SSSR count). The minimum atomic E-state index is -0.294. The summed E-state index contributed by atoms with van der Waals surface area (Å²) < 4.78 is 12.9. The summed E-state index contributed by atoms with van der Waals surface area (Å²) in [4.78, 5) is 12.4. The van der Waals surface area contributed by atoms with E-state index in [1.165, 1.54) is 12.1 Å². The first-order chi connectivity index (χ1) is 13.0. The molecule has 0 spiro atoms. The second-order valence-corrected chi connectivity index (χ2v) is 6.33. The number of halogens is 1. The van der Waals surface area contributed by atoms with E-state index in [0.717, 1.165) is 28.8 Å². The van der Waals surface area contributed by atoms with E-state index in [4.69, 9.17) is 0 Å². The van der Waals surface area contributed by atoms with Crippen molar-refractivity contribution < 1.29 is 9.18 Å². The topological polar surface area (TPSA) is 66.9 Å². The molecular weight excluding hydrogens is 343 g/mol. The maximum Gasteiger partial charge on any atom is 0.276 e. The molecule has 1 aromatic heterocycles. The lowest BCUT2D eigenvalue weighted by atomic mass is 10.1. The van der Waals surface area contributed by atoms with Crippen molar-refractivity contribution in [1.29, 1.82) is 0 Å². The van der Waals surface area contributed by atoms with Crippen molar-refractivity contribution in [2.75, 3.05) is 17.2 Å². The van der Waals surface area contributed by atoms with E-state index in [9.17, 15) is 9.18 Å². The quantitative estimate of drug-likeness (QED) is 0.690. The average Bonchev–Trinajstić information content (AvgIpc) is 2.67. The highest BCUT2D eigenvalue weighted by Gasteiger charge is 2.11. The van der Waals surface area contributed by atoms with Gasteiger partial charge in [-0.3, -0.25) is 4.79 Å².